The second kappa shape index (κ2) is 6.62. The summed E-state index contributed by atoms with van der Waals surface area (Å²) in [7, 11) is 0. The minimum absolute atomic E-state index is 0.134. The Kier molecular flexibility index (Phi) is 6.57. The van der Waals surface area contributed by atoms with Crippen molar-refractivity contribution in [3.8, 4) is 0 Å². The summed E-state index contributed by atoms with van der Waals surface area (Å²) in [6.45, 7) is 9.56. The molecule has 1 N–H and O–H groups in total. The first-order chi connectivity index (χ1) is 5.20. The van der Waals surface area contributed by atoms with Crippen molar-refractivity contribution < 1.29 is 5.11 Å². The maximum absolute atomic E-state index is 8.99. The number of rotatable bonds is 6. The zero-order chi connectivity index (χ0) is 8.69. The summed E-state index contributed by atoms with van der Waals surface area (Å²) in [4.78, 5) is 2.38. The normalized spacial score (nSPS) is 13.9. The second-order valence-corrected chi connectivity index (χ2v) is 3.02. The van der Waals surface area contributed by atoms with E-state index in [1.54, 1.807) is 0 Å². The fraction of sp³-hybridized carbons (Fsp3) is 1.00. The fourth-order valence-corrected chi connectivity index (χ4v) is 1.15. The highest BCUT2D eigenvalue weighted by molar-refractivity contribution is 4.54. The van der Waals surface area contributed by atoms with Crippen LogP contribution in [-0.4, -0.2) is 35.7 Å². The van der Waals surface area contributed by atoms with Crippen molar-refractivity contribution in [2.75, 3.05) is 19.6 Å². The van der Waals surface area contributed by atoms with Crippen LogP contribution in [0.25, 0.3) is 0 Å². The molecule has 0 rings (SSSR count). The molecule has 1 unspecified atom stereocenters. The van der Waals surface area contributed by atoms with Crippen molar-refractivity contribution in [1.29, 1.82) is 0 Å². The summed E-state index contributed by atoms with van der Waals surface area (Å²) in [5.41, 5.74) is 0. The van der Waals surface area contributed by atoms with Crippen LogP contribution in [0.2, 0.25) is 0 Å². The monoisotopic (exact) mass is 159 g/mol. The molecule has 11 heavy (non-hydrogen) atoms. The average molecular weight is 159 g/mol. The molecule has 0 fully saturated rings. The largest absolute Gasteiger partial charge is 0.393 e. The molecule has 0 aromatic heterocycles. The molecular weight excluding hydrogens is 138 g/mol. The second-order valence-electron chi connectivity index (χ2n) is 3.02. The van der Waals surface area contributed by atoms with Crippen LogP contribution in [-0.2, 0) is 0 Å². The van der Waals surface area contributed by atoms with Crippen LogP contribution >= 0.6 is 0 Å². The van der Waals surface area contributed by atoms with Crippen molar-refractivity contribution in [2.45, 2.75) is 39.7 Å². The minimum Gasteiger partial charge on any atom is -0.393 e. The van der Waals surface area contributed by atoms with Gasteiger partial charge in [0.1, 0.15) is 0 Å². The summed E-state index contributed by atoms with van der Waals surface area (Å²) in [6.07, 6.45) is 1.90. The molecule has 68 valence electrons. The van der Waals surface area contributed by atoms with E-state index in [4.69, 9.17) is 5.11 Å². The van der Waals surface area contributed by atoms with Gasteiger partial charge in [0.15, 0.2) is 0 Å². The van der Waals surface area contributed by atoms with Crippen molar-refractivity contribution in [1.82, 2.24) is 4.90 Å². The summed E-state index contributed by atoms with van der Waals surface area (Å²) < 4.78 is 0. The first-order valence-corrected chi connectivity index (χ1v) is 4.61. The Labute approximate surface area is 70.2 Å². The van der Waals surface area contributed by atoms with Gasteiger partial charge < -0.3 is 10.0 Å². The fourth-order valence-electron chi connectivity index (χ4n) is 1.15. The molecule has 2 heteroatoms. The van der Waals surface area contributed by atoms with Gasteiger partial charge in [-0.1, -0.05) is 13.8 Å². The molecule has 0 spiro atoms. The van der Waals surface area contributed by atoms with Gasteiger partial charge in [-0.3, -0.25) is 0 Å². The van der Waals surface area contributed by atoms with Gasteiger partial charge in [-0.15, -0.1) is 0 Å². The van der Waals surface area contributed by atoms with Crippen LogP contribution in [0.15, 0.2) is 0 Å². The molecule has 0 aromatic rings. The molecule has 0 aromatic carbocycles. The van der Waals surface area contributed by atoms with Crippen molar-refractivity contribution in [3.63, 3.8) is 0 Å². The van der Waals surface area contributed by atoms with E-state index < -0.39 is 0 Å². The zero-order valence-corrected chi connectivity index (χ0v) is 8.01. The van der Waals surface area contributed by atoms with E-state index in [1.165, 1.54) is 0 Å². The van der Waals surface area contributed by atoms with Gasteiger partial charge in [0.25, 0.3) is 0 Å². The molecule has 0 aliphatic heterocycles. The molecule has 1 atom stereocenters. The lowest BCUT2D eigenvalue weighted by atomic mass is 10.2. The minimum atomic E-state index is -0.134. The van der Waals surface area contributed by atoms with Gasteiger partial charge in [0.05, 0.1) is 6.10 Å². The van der Waals surface area contributed by atoms with Gasteiger partial charge in [-0.2, -0.15) is 0 Å². The van der Waals surface area contributed by atoms with E-state index in [0.29, 0.717) is 0 Å². The first kappa shape index (κ1) is 10.9. The van der Waals surface area contributed by atoms with E-state index in [2.05, 4.69) is 18.7 Å². The third-order valence-corrected chi connectivity index (χ3v) is 1.99. The van der Waals surface area contributed by atoms with Crippen LogP contribution in [0.5, 0.6) is 0 Å². The Hall–Kier alpha value is -0.0800. The highest BCUT2D eigenvalue weighted by Crippen LogP contribution is 1.98. The predicted molar refractivity (Wildman–Crippen MR) is 48.7 cm³/mol. The number of aliphatic hydroxyl groups is 1. The summed E-state index contributed by atoms with van der Waals surface area (Å²) in [5, 5.41) is 8.99. The van der Waals surface area contributed by atoms with Gasteiger partial charge >= 0.3 is 0 Å². The molecule has 0 saturated carbocycles. The topological polar surface area (TPSA) is 23.5 Å². The van der Waals surface area contributed by atoms with Crippen LogP contribution in [0.3, 0.4) is 0 Å². The van der Waals surface area contributed by atoms with Gasteiger partial charge in [-0.25, -0.2) is 0 Å². The van der Waals surface area contributed by atoms with Gasteiger partial charge in [0, 0.05) is 0 Å². The smallest absolute Gasteiger partial charge is 0.0512 e. The standard InChI is InChI=1S/C9H21NO/c1-4-10(5-2)8-6-7-9(3)11/h9,11H,4-8H2,1-3H3. The van der Waals surface area contributed by atoms with Crippen molar-refractivity contribution >= 4 is 0 Å². The van der Waals surface area contributed by atoms with E-state index in [0.717, 1.165) is 32.5 Å². The molecule has 0 saturated heterocycles. The Morgan fingerprint density at radius 3 is 2.18 bits per heavy atom. The lowest BCUT2D eigenvalue weighted by Gasteiger charge is -2.17. The summed E-state index contributed by atoms with van der Waals surface area (Å²) in [5.74, 6) is 0. The van der Waals surface area contributed by atoms with E-state index in [1.807, 2.05) is 6.92 Å². The molecule has 0 aliphatic rings. The Morgan fingerprint density at radius 1 is 1.27 bits per heavy atom. The van der Waals surface area contributed by atoms with E-state index >= 15 is 0 Å². The Balaban J connectivity index is 3.21. The number of hydrogen-bond acceptors (Lipinski definition) is 2. The highest BCUT2D eigenvalue weighted by atomic mass is 16.3. The molecule has 0 radical (unpaired) electrons. The third kappa shape index (κ3) is 6.32. The molecule has 0 heterocycles. The summed E-state index contributed by atoms with van der Waals surface area (Å²) >= 11 is 0. The highest BCUT2D eigenvalue weighted by Gasteiger charge is 1.99. The number of aliphatic hydroxyl groups excluding tert-OH is 1. The molecular formula is C9H21NO. The van der Waals surface area contributed by atoms with Crippen LogP contribution in [0.1, 0.15) is 33.6 Å². The quantitative estimate of drug-likeness (QED) is 0.634. The lowest BCUT2D eigenvalue weighted by Crippen LogP contribution is -2.24. The van der Waals surface area contributed by atoms with Gasteiger partial charge in [0.2, 0.25) is 0 Å². The van der Waals surface area contributed by atoms with Crippen molar-refractivity contribution in [2.24, 2.45) is 0 Å². The van der Waals surface area contributed by atoms with Crippen LogP contribution in [0, 0.1) is 0 Å². The maximum Gasteiger partial charge on any atom is 0.0512 e. The Bertz CT molecular complexity index is 79.6. The number of nitrogens with zero attached hydrogens (tertiary/aromatic N) is 1. The third-order valence-electron chi connectivity index (χ3n) is 1.99. The number of hydrogen-bond donors (Lipinski definition) is 1. The molecule has 0 bridgehead atoms. The molecule has 2 nitrogen and oxygen atoms in total. The van der Waals surface area contributed by atoms with Gasteiger partial charge in [-0.05, 0) is 39.4 Å². The zero-order valence-electron chi connectivity index (χ0n) is 8.01. The van der Waals surface area contributed by atoms with Crippen LogP contribution < -0.4 is 0 Å². The predicted octanol–water partition coefficient (Wildman–Crippen LogP) is 1.49. The van der Waals surface area contributed by atoms with Crippen molar-refractivity contribution in [3.05, 3.63) is 0 Å². The average Bonchev–Trinajstić information content (AvgIpc) is 1.98. The van der Waals surface area contributed by atoms with Crippen LogP contribution in [0.4, 0.5) is 0 Å². The maximum atomic E-state index is 8.99. The molecule has 0 aliphatic carbocycles. The Morgan fingerprint density at radius 2 is 1.82 bits per heavy atom. The van der Waals surface area contributed by atoms with E-state index in [-0.39, 0.29) is 6.10 Å². The lowest BCUT2D eigenvalue weighted by molar-refractivity contribution is 0.172. The molecule has 0 amide bonds. The summed E-state index contributed by atoms with van der Waals surface area (Å²) in [6, 6.07) is 0. The first-order valence-electron chi connectivity index (χ1n) is 4.61. The SMILES string of the molecule is CCN(CC)CCCC(C)O. The van der Waals surface area contributed by atoms with E-state index in [9.17, 15) is 0 Å².